The minimum absolute atomic E-state index is 0.140. The highest BCUT2D eigenvalue weighted by molar-refractivity contribution is 5.98. The molecule has 2 rings (SSSR count). The van der Waals surface area contributed by atoms with E-state index >= 15 is 0 Å². The van der Waals surface area contributed by atoms with Gasteiger partial charge in [0, 0.05) is 12.0 Å². The molecule has 0 bridgehead atoms. The zero-order valence-corrected chi connectivity index (χ0v) is 13.8. The summed E-state index contributed by atoms with van der Waals surface area (Å²) in [5.74, 6) is 1.79. The molecule has 0 N–H and O–H groups in total. The molecule has 1 fully saturated rings. The lowest BCUT2D eigenvalue weighted by molar-refractivity contribution is 0.0853. The summed E-state index contributed by atoms with van der Waals surface area (Å²) in [7, 11) is 1.61. The Kier molecular flexibility index (Phi) is 5.43. The number of hydrogen-bond acceptors (Lipinski definition) is 3. The molecule has 0 aromatic carbocycles. The van der Waals surface area contributed by atoms with Crippen molar-refractivity contribution in [3.8, 4) is 5.75 Å². The van der Waals surface area contributed by atoms with Crippen molar-refractivity contribution in [2.75, 3.05) is 7.11 Å². The van der Waals surface area contributed by atoms with Crippen LogP contribution in [0, 0.1) is 11.8 Å². The van der Waals surface area contributed by atoms with E-state index < -0.39 is 0 Å². The molecule has 1 aliphatic carbocycles. The van der Waals surface area contributed by atoms with Crippen LogP contribution in [0.3, 0.4) is 0 Å². The Morgan fingerprint density at radius 2 is 2.05 bits per heavy atom. The van der Waals surface area contributed by atoms with E-state index in [1.807, 2.05) is 13.8 Å². The molecule has 21 heavy (non-hydrogen) atoms. The van der Waals surface area contributed by atoms with Gasteiger partial charge in [-0.05, 0) is 45.4 Å². The van der Waals surface area contributed by atoms with E-state index in [1.54, 1.807) is 18.0 Å². The molecule has 1 aromatic heterocycles. The number of carbonyl (C=O) groups is 1. The summed E-state index contributed by atoms with van der Waals surface area (Å²) in [4.78, 5) is 12.9. The van der Waals surface area contributed by atoms with Crippen molar-refractivity contribution in [3.05, 3.63) is 11.9 Å². The van der Waals surface area contributed by atoms with Crippen molar-refractivity contribution in [1.82, 2.24) is 9.78 Å². The Hall–Kier alpha value is -1.32. The monoisotopic (exact) mass is 292 g/mol. The maximum Gasteiger partial charge on any atom is 0.187 e. The van der Waals surface area contributed by atoms with Gasteiger partial charge in [0.2, 0.25) is 0 Å². The average molecular weight is 292 g/mol. The summed E-state index contributed by atoms with van der Waals surface area (Å²) in [6.07, 6.45) is 8.60. The number of nitrogens with zero attached hydrogens (tertiary/aromatic N) is 2. The maximum atomic E-state index is 12.9. The predicted molar refractivity (Wildman–Crippen MR) is 83.9 cm³/mol. The average Bonchev–Trinajstić information content (AvgIpc) is 2.91. The normalized spacial score (nSPS) is 22.5. The fourth-order valence-electron chi connectivity index (χ4n) is 3.44. The first kappa shape index (κ1) is 16.1. The highest BCUT2D eigenvalue weighted by atomic mass is 16.5. The molecule has 0 aliphatic heterocycles. The van der Waals surface area contributed by atoms with Gasteiger partial charge in [0.15, 0.2) is 11.5 Å². The van der Waals surface area contributed by atoms with Gasteiger partial charge in [-0.25, -0.2) is 0 Å². The fourth-order valence-corrected chi connectivity index (χ4v) is 3.44. The van der Waals surface area contributed by atoms with Crippen LogP contribution in [0.4, 0.5) is 0 Å². The number of aromatic nitrogens is 2. The van der Waals surface area contributed by atoms with E-state index in [-0.39, 0.29) is 17.7 Å². The molecule has 1 aromatic rings. The van der Waals surface area contributed by atoms with Crippen LogP contribution in [0.15, 0.2) is 6.20 Å². The topological polar surface area (TPSA) is 44.1 Å². The summed E-state index contributed by atoms with van der Waals surface area (Å²) in [6.45, 7) is 6.33. The highest BCUT2D eigenvalue weighted by Crippen LogP contribution is 2.35. The summed E-state index contributed by atoms with van der Waals surface area (Å²) >= 11 is 0. The zero-order valence-electron chi connectivity index (χ0n) is 13.8. The lowest BCUT2D eigenvalue weighted by atomic mass is 9.78. The van der Waals surface area contributed by atoms with Crippen LogP contribution in [-0.2, 0) is 0 Å². The molecule has 4 heteroatoms. The van der Waals surface area contributed by atoms with Gasteiger partial charge in [0.25, 0.3) is 0 Å². The number of ether oxygens (including phenoxy) is 1. The van der Waals surface area contributed by atoms with Crippen molar-refractivity contribution < 1.29 is 9.53 Å². The highest BCUT2D eigenvalue weighted by Gasteiger charge is 2.31. The molecule has 118 valence electrons. The second-order valence-corrected chi connectivity index (χ2v) is 6.47. The molecule has 1 saturated carbocycles. The van der Waals surface area contributed by atoms with Crippen molar-refractivity contribution in [2.24, 2.45) is 11.8 Å². The largest absolute Gasteiger partial charge is 0.493 e. The van der Waals surface area contributed by atoms with Gasteiger partial charge in [0.1, 0.15) is 5.69 Å². The Morgan fingerprint density at radius 1 is 1.38 bits per heavy atom. The zero-order chi connectivity index (χ0) is 15.4. The van der Waals surface area contributed by atoms with Gasteiger partial charge in [-0.1, -0.05) is 19.8 Å². The van der Waals surface area contributed by atoms with Gasteiger partial charge >= 0.3 is 0 Å². The minimum Gasteiger partial charge on any atom is -0.493 e. The van der Waals surface area contributed by atoms with Crippen LogP contribution < -0.4 is 4.74 Å². The van der Waals surface area contributed by atoms with Crippen LogP contribution >= 0.6 is 0 Å². The first-order valence-corrected chi connectivity index (χ1v) is 8.24. The third-order valence-electron chi connectivity index (χ3n) is 4.62. The SMILES string of the molecule is CCCC1CCC(C(=O)c2c(OC)cnn2C(C)C)CC1. The number of methoxy groups -OCH3 is 1. The van der Waals surface area contributed by atoms with Gasteiger partial charge in [-0.2, -0.15) is 5.10 Å². The van der Waals surface area contributed by atoms with Crippen LogP contribution in [0.5, 0.6) is 5.75 Å². The Bertz CT molecular complexity index is 471. The number of rotatable bonds is 6. The molecule has 4 nitrogen and oxygen atoms in total. The third-order valence-corrected chi connectivity index (χ3v) is 4.62. The van der Waals surface area contributed by atoms with Crippen LogP contribution in [0.1, 0.15) is 75.8 Å². The van der Waals surface area contributed by atoms with Gasteiger partial charge in [-0.3, -0.25) is 9.48 Å². The summed E-state index contributed by atoms with van der Waals surface area (Å²) in [6, 6.07) is 0.171. The third kappa shape index (κ3) is 3.47. The molecule has 0 saturated heterocycles. The lowest BCUT2D eigenvalue weighted by Gasteiger charge is -2.27. The molecule has 0 radical (unpaired) electrons. The molecular formula is C17H28N2O2. The number of hydrogen-bond donors (Lipinski definition) is 0. The molecule has 0 atom stereocenters. The molecule has 0 unspecified atom stereocenters. The smallest absolute Gasteiger partial charge is 0.187 e. The van der Waals surface area contributed by atoms with E-state index in [4.69, 9.17) is 4.74 Å². The van der Waals surface area contributed by atoms with Gasteiger partial charge in [-0.15, -0.1) is 0 Å². The molecule has 1 aliphatic rings. The second kappa shape index (κ2) is 7.10. The van der Waals surface area contributed by atoms with Crippen molar-refractivity contribution in [2.45, 2.75) is 65.3 Å². The van der Waals surface area contributed by atoms with Crippen LogP contribution in [-0.4, -0.2) is 22.7 Å². The van der Waals surface area contributed by atoms with Crippen molar-refractivity contribution in [1.29, 1.82) is 0 Å². The number of ketones is 1. The van der Waals surface area contributed by atoms with Crippen LogP contribution in [0.25, 0.3) is 0 Å². The summed E-state index contributed by atoms with van der Waals surface area (Å²) in [5.41, 5.74) is 0.659. The van der Waals surface area contributed by atoms with Gasteiger partial charge in [0.05, 0.1) is 13.3 Å². The number of carbonyl (C=O) groups excluding carboxylic acids is 1. The molecule has 1 heterocycles. The minimum atomic E-state index is 0.140. The maximum absolute atomic E-state index is 12.9. The predicted octanol–water partition coefficient (Wildman–Crippen LogP) is 4.26. The van der Waals surface area contributed by atoms with Crippen molar-refractivity contribution in [3.63, 3.8) is 0 Å². The Morgan fingerprint density at radius 3 is 2.57 bits per heavy atom. The van der Waals surface area contributed by atoms with Gasteiger partial charge < -0.3 is 4.74 Å². The standard InChI is InChI=1S/C17H28N2O2/c1-5-6-13-7-9-14(10-8-13)17(20)16-15(21-4)11-18-19(16)12(2)3/h11-14H,5-10H2,1-4H3. The summed E-state index contributed by atoms with van der Waals surface area (Å²) < 4.78 is 7.15. The lowest BCUT2D eigenvalue weighted by Crippen LogP contribution is -2.25. The second-order valence-electron chi connectivity index (χ2n) is 6.47. The Balaban J connectivity index is 2.12. The van der Waals surface area contributed by atoms with E-state index in [0.717, 1.165) is 18.8 Å². The Labute approximate surface area is 127 Å². The summed E-state index contributed by atoms with van der Waals surface area (Å²) in [5, 5.41) is 4.32. The fraction of sp³-hybridized carbons (Fsp3) is 0.765. The van der Waals surface area contributed by atoms with Crippen molar-refractivity contribution >= 4 is 5.78 Å². The molecular weight excluding hydrogens is 264 g/mol. The molecule has 0 amide bonds. The van der Waals surface area contributed by atoms with E-state index in [9.17, 15) is 4.79 Å². The van der Waals surface area contributed by atoms with E-state index in [1.165, 1.54) is 25.7 Å². The first-order chi connectivity index (χ1) is 10.1. The quantitative estimate of drug-likeness (QED) is 0.736. The number of Topliss-reactive ketones (excluding diaryl/α,β-unsaturated/α-hetero) is 1. The van der Waals surface area contributed by atoms with E-state index in [0.29, 0.717) is 11.4 Å². The van der Waals surface area contributed by atoms with Crippen LogP contribution in [0.2, 0.25) is 0 Å². The first-order valence-electron chi connectivity index (χ1n) is 8.24. The molecule has 0 spiro atoms. The van der Waals surface area contributed by atoms with E-state index in [2.05, 4.69) is 12.0 Å².